The van der Waals surface area contributed by atoms with Gasteiger partial charge < -0.3 is 4.90 Å². The van der Waals surface area contributed by atoms with Crippen LogP contribution in [-0.2, 0) is 5.33 Å². The Morgan fingerprint density at radius 1 is 1.33 bits per heavy atom. The monoisotopic (exact) mass is 289 g/mol. The van der Waals surface area contributed by atoms with Crippen LogP contribution in [0.1, 0.15) is 26.3 Å². The van der Waals surface area contributed by atoms with Crippen molar-refractivity contribution in [2.24, 2.45) is 0 Å². The van der Waals surface area contributed by atoms with Crippen LogP contribution in [0.5, 0.6) is 0 Å². The number of nitrogens with zero attached hydrogens (tertiary/aromatic N) is 1. The molecule has 0 heterocycles. The average molecular weight is 291 g/mol. The first-order valence-corrected chi connectivity index (χ1v) is 6.44. The first kappa shape index (κ1) is 12.9. The van der Waals surface area contributed by atoms with Crippen LogP contribution in [0.25, 0.3) is 0 Å². The number of halogens is 2. The molecule has 0 aliphatic rings. The topological polar surface area (TPSA) is 3.24 Å². The number of benzene rings is 1. The van der Waals surface area contributed by atoms with Gasteiger partial charge in [0, 0.05) is 28.6 Å². The molecule has 0 N–H and O–H groups in total. The second-order valence-electron chi connectivity index (χ2n) is 4.64. The van der Waals surface area contributed by atoms with Crippen LogP contribution < -0.4 is 4.90 Å². The summed E-state index contributed by atoms with van der Waals surface area (Å²) in [6.45, 7) is 6.56. The number of rotatable bonds is 2. The quantitative estimate of drug-likeness (QED) is 0.726. The Kier molecular flexibility index (Phi) is 4.07. The van der Waals surface area contributed by atoms with Crippen LogP contribution in [0.4, 0.5) is 5.69 Å². The molecule has 0 spiro atoms. The molecule has 84 valence electrons. The predicted octanol–water partition coefficient (Wildman–Crippen LogP) is 4.47. The maximum Gasteiger partial charge on any atom is 0.0426 e. The van der Waals surface area contributed by atoms with E-state index in [9.17, 15) is 0 Å². The lowest BCUT2D eigenvalue weighted by molar-refractivity contribution is 0.538. The van der Waals surface area contributed by atoms with Gasteiger partial charge in [-0.05, 0) is 38.5 Å². The Bertz CT molecular complexity index is 344. The highest BCUT2D eigenvalue weighted by Gasteiger charge is 2.19. The van der Waals surface area contributed by atoms with E-state index in [4.69, 9.17) is 11.6 Å². The lowest BCUT2D eigenvalue weighted by Gasteiger charge is -2.35. The van der Waals surface area contributed by atoms with Crippen molar-refractivity contribution in [3.8, 4) is 0 Å². The molecule has 1 aromatic rings. The molecule has 0 fully saturated rings. The van der Waals surface area contributed by atoms with Gasteiger partial charge >= 0.3 is 0 Å². The maximum absolute atomic E-state index is 6.03. The molecule has 0 saturated heterocycles. The normalized spacial score (nSPS) is 11.6. The van der Waals surface area contributed by atoms with Gasteiger partial charge in [0.25, 0.3) is 0 Å². The zero-order valence-electron chi connectivity index (χ0n) is 9.64. The highest BCUT2D eigenvalue weighted by molar-refractivity contribution is 9.08. The third-order valence-corrected chi connectivity index (χ3v) is 3.40. The van der Waals surface area contributed by atoms with E-state index in [2.05, 4.69) is 54.7 Å². The zero-order chi connectivity index (χ0) is 11.6. The van der Waals surface area contributed by atoms with Crippen molar-refractivity contribution in [2.45, 2.75) is 31.6 Å². The van der Waals surface area contributed by atoms with E-state index in [0.717, 1.165) is 10.4 Å². The van der Waals surface area contributed by atoms with Crippen molar-refractivity contribution >= 4 is 33.2 Å². The molecular weight excluding hydrogens is 273 g/mol. The first-order valence-electron chi connectivity index (χ1n) is 4.94. The summed E-state index contributed by atoms with van der Waals surface area (Å²) in [7, 11) is 2.10. The third-order valence-electron chi connectivity index (χ3n) is 2.56. The number of alkyl halides is 1. The molecule has 3 heteroatoms. The van der Waals surface area contributed by atoms with Crippen LogP contribution >= 0.6 is 27.5 Å². The van der Waals surface area contributed by atoms with E-state index in [1.54, 1.807) is 0 Å². The standard InChI is InChI=1S/C12H17BrClN/c1-12(2,3)15(4)11-7-10(14)6-5-9(11)8-13/h5-7H,8H2,1-4H3. The van der Waals surface area contributed by atoms with Gasteiger partial charge in [0.05, 0.1) is 0 Å². The smallest absolute Gasteiger partial charge is 0.0426 e. The third kappa shape index (κ3) is 3.12. The van der Waals surface area contributed by atoms with Gasteiger partial charge in [-0.1, -0.05) is 33.6 Å². The summed E-state index contributed by atoms with van der Waals surface area (Å²) in [5, 5.41) is 1.63. The highest BCUT2D eigenvalue weighted by Crippen LogP contribution is 2.30. The molecule has 0 radical (unpaired) electrons. The van der Waals surface area contributed by atoms with Gasteiger partial charge in [0.15, 0.2) is 0 Å². The summed E-state index contributed by atoms with van der Waals surface area (Å²) in [6.07, 6.45) is 0. The first-order chi connectivity index (χ1) is 6.86. The average Bonchev–Trinajstić information content (AvgIpc) is 2.15. The van der Waals surface area contributed by atoms with Gasteiger partial charge in [0.2, 0.25) is 0 Å². The van der Waals surface area contributed by atoms with Crippen molar-refractivity contribution in [1.29, 1.82) is 0 Å². The molecule has 1 aromatic carbocycles. The van der Waals surface area contributed by atoms with E-state index in [1.165, 1.54) is 11.3 Å². The van der Waals surface area contributed by atoms with E-state index >= 15 is 0 Å². The second-order valence-corrected chi connectivity index (χ2v) is 5.63. The van der Waals surface area contributed by atoms with Crippen molar-refractivity contribution in [3.05, 3.63) is 28.8 Å². The molecule has 0 aliphatic heterocycles. The van der Waals surface area contributed by atoms with Crippen LogP contribution in [0.3, 0.4) is 0 Å². The van der Waals surface area contributed by atoms with Crippen molar-refractivity contribution in [1.82, 2.24) is 0 Å². The molecule has 0 unspecified atom stereocenters. The zero-order valence-corrected chi connectivity index (χ0v) is 12.0. The van der Waals surface area contributed by atoms with Crippen molar-refractivity contribution in [3.63, 3.8) is 0 Å². The number of anilines is 1. The summed E-state index contributed by atoms with van der Waals surface area (Å²) < 4.78 is 0. The summed E-state index contributed by atoms with van der Waals surface area (Å²) in [5.41, 5.74) is 2.55. The van der Waals surface area contributed by atoms with Gasteiger partial charge in [-0.25, -0.2) is 0 Å². The van der Waals surface area contributed by atoms with Crippen LogP contribution in [0.2, 0.25) is 5.02 Å². The number of hydrogen-bond acceptors (Lipinski definition) is 1. The van der Waals surface area contributed by atoms with E-state index in [1.807, 2.05) is 12.1 Å². The van der Waals surface area contributed by atoms with Crippen molar-refractivity contribution in [2.75, 3.05) is 11.9 Å². The lowest BCUT2D eigenvalue weighted by Crippen LogP contribution is -2.38. The van der Waals surface area contributed by atoms with Crippen LogP contribution in [0.15, 0.2) is 18.2 Å². The Hall–Kier alpha value is -0.210. The predicted molar refractivity (Wildman–Crippen MR) is 72.2 cm³/mol. The SMILES string of the molecule is CN(c1cc(Cl)ccc1CBr)C(C)(C)C. The largest absolute Gasteiger partial charge is 0.369 e. The summed E-state index contributed by atoms with van der Waals surface area (Å²) in [5.74, 6) is 0. The number of hydrogen-bond donors (Lipinski definition) is 0. The molecule has 1 rings (SSSR count). The minimum Gasteiger partial charge on any atom is -0.369 e. The minimum atomic E-state index is 0.0988. The molecule has 0 atom stereocenters. The second kappa shape index (κ2) is 4.75. The molecule has 0 aromatic heterocycles. The Morgan fingerprint density at radius 2 is 1.93 bits per heavy atom. The van der Waals surface area contributed by atoms with Gasteiger partial charge in [-0.2, -0.15) is 0 Å². The fourth-order valence-corrected chi connectivity index (χ4v) is 1.96. The summed E-state index contributed by atoms with van der Waals surface area (Å²) in [6, 6.07) is 6.01. The van der Waals surface area contributed by atoms with Gasteiger partial charge in [0.1, 0.15) is 0 Å². The molecule has 0 aliphatic carbocycles. The summed E-state index contributed by atoms with van der Waals surface area (Å²) >= 11 is 9.52. The molecule has 1 nitrogen and oxygen atoms in total. The molecule has 0 amide bonds. The molecule has 15 heavy (non-hydrogen) atoms. The van der Waals surface area contributed by atoms with E-state index < -0.39 is 0 Å². The van der Waals surface area contributed by atoms with E-state index in [0.29, 0.717) is 0 Å². The highest BCUT2D eigenvalue weighted by atomic mass is 79.9. The molecule has 0 bridgehead atoms. The molecule has 0 saturated carbocycles. The Labute approximate surface area is 106 Å². The van der Waals surface area contributed by atoms with Gasteiger partial charge in [-0.15, -0.1) is 0 Å². The summed E-state index contributed by atoms with van der Waals surface area (Å²) in [4.78, 5) is 2.25. The van der Waals surface area contributed by atoms with Gasteiger partial charge in [-0.3, -0.25) is 0 Å². The Morgan fingerprint density at radius 3 is 2.40 bits per heavy atom. The molecular formula is C12H17BrClN. The lowest BCUT2D eigenvalue weighted by atomic mass is 10.0. The van der Waals surface area contributed by atoms with Crippen LogP contribution in [0, 0.1) is 0 Å². The fourth-order valence-electron chi connectivity index (χ4n) is 1.32. The van der Waals surface area contributed by atoms with Crippen molar-refractivity contribution < 1.29 is 0 Å². The minimum absolute atomic E-state index is 0.0988. The maximum atomic E-state index is 6.03. The van der Waals surface area contributed by atoms with E-state index in [-0.39, 0.29) is 5.54 Å². The Balaban J connectivity index is 3.17. The van der Waals surface area contributed by atoms with Crippen LogP contribution in [-0.4, -0.2) is 12.6 Å². The fraction of sp³-hybridized carbons (Fsp3) is 0.500.